The number of piperazine rings is 1. The van der Waals surface area contributed by atoms with E-state index in [2.05, 4.69) is 27.0 Å². The standard InChI is InChI=1S/C20H27N5O3/c1-4-14(2)21-19(26)13-23-8-10-24(11-9-23)18-12-15(3)22-20-16(18)6-5-7-17(20)25(27)28/h5-7,12,14H,4,8-11,13H2,1-3H3,(H,21,26). The Morgan fingerprint density at radius 2 is 2.04 bits per heavy atom. The third kappa shape index (κ3) is 4.39. The number of nitro benzene ring substituents is 1. The summed E-state index contributed by atoms with van der Waals surface area (Å²) in [6.45, 7) is 9.38. The summed E-state index contributed by atoms with van der Waals surface area (Å²) in [4.78, 5) is 31.9. The van der Waals surface area contributed by atoms with E-state index in [0.717, 1.165) is 49.4 Å². The van der Waals surface area contributed by atoms with Crippen molar-refractivity contribution >= 4 is 28.2 Å². The van der Waals surface area contributed by atoms with E-state index in [-0.39, 0.29) is 22.6 Å². The van der Waals surface area contributed by atoms with Crippen molar-refractivity contribution in [1.29, 1.82) is 0 Å². The van der Waals surface area contributed by atoms with Crippen LogP contribution in [0.15, 0.2) is 24.3 Å². The lowest BCUT2D eigenvalue weighted by molar-refractivity contribution is -0.383. The predicted octanol–water partition coefficient (Wildman–Crippen LogP) is 2.49. The maximum atomic E-state index is 12.1. The van der Waals surface area contributed by atoms with Crippen LogP contribution in [0, 0.1) is 17.0 Å². The van der Waals surface area contributed by atoms with Gasteiger partial charge in [-0.05, 0) is 26.3 Å². The van der Waals surface area contributed by atoms with Crippen LogP contribution in [0.2, 0.25) is 0 Å². The van der Waals surface area contributed by atoms with Crippen LogP contribution >= 0.6 is 0 Å². The molecule has 1 saturated heterocycles. The molecule has 1 amide bonds. The van der Waals surface area contributed by atoms with Crippen LogP contribution in [0.4, 0.5) is 11.4 Å². The second-order valence-corrected chi connectivity index (χ2v) is 7.35. The van der Waals surface area contributed by atoms with Crippen molar-refractivity contribution in [3.05, 3.63) is 40.1 Å². The Bertz CT molecular complexity index is 878. The van der Waals surface area contributed by atoms with Crippen LogP contribution < -0.4 is 10.2 Å². The number of nitrogens with zero attached hydrogens (tertiary/aromatic N) is 4. The molecular formula is C20H27N5O3. The fourth-order valence-corrected chi connectivity index (χ4v) is 3.52. The number of non-ortho nitro benzene ring substituents is 1. The number of nitro groups is 1. The molecular weight excluding hydrogens is 358 g/mol. The van der Waals surface area contributed by atoms with Crippen molar-refractivity contribution in [2.75, 3.05) is 37.6 Å². The van der Waals surface area contributed by atoms with Crippen molar-refractivity contribution in [2.24, 2.45) is 0 Å². The molecule has 1 aliphatic heterocycles. The third-order valence-corrected chi connectivity index (χ3v) is 5.22. The average molecular weight is 385 g/mol. The maximum absolute atomic E-state index is 12.1. The Morgan fingerprint density at radius 3 is 2.68 bits per heavy atom. The molecule has 0 spiro atoms. The Labute approximate surface area is 164 Å². The summed E-state index contributed by atoms with van der Waals surface area (Å²) in [5.41, 5.74) is 2.18. The number of aromatic nitrogens is 1. The van der Waals surface area contributed by atoms with E-state index in [1.54, 1.807) is 6.07 Å². The highest BCUT2D eigenvalue weighted by atomic mass is 16.6. The first-order valence-electron chi connectivity index (χ1n) is 9.70. The quantitative estimate of drug-likeness (QED) is 0.607. The van der Waals surface area contributed by atoms with Gasteiger partial charge in [-0.25, -0.2) is 4.98 Å². The number of amides is 1. The number of hydrogen-bond donors (Lipinski definition) is 1. The van der Waals surface area contributed by atoms with E-state index in [0.29, 0.717) is 12.1 Å². The highest BCUT2D eigenvalue weighted by molar-refractivity contribution is 5.97. The monoisotopic (exact) mass is 385 g/mol. The summed E-state index contributed by atoms with van der Waals surface area (Å²) >= 11 is 0. The number of hydrogen-bond acceptors (Lipinski definition) is 6. The summed E-state index contributed by atoms with van der Waals surface area (Å²) in [6, 6.07) is 7.26. The zero-order chi connectivity index (χ0) is 20.3. The molecule has 1 aliphatic rings. The minimum absolute atomic E-state index is 0.0304. The number of rotatable bonds is 6. The van der Waals surface area contributed by atoms with Crippen molar-refractivity contribution in [3.8, 4) is 0 Å². The summed E-state index contributed by atoms with van der Waals surface area (Å²) in [5.74, 6) is 0.0589. The number of nitrogens with one attached hydrogen (secondary N) is 1. The van der Waals surface area contributed by atoms with Crippen molar-refractivity contribution in [1.82, 2.24) is 15.2 Å². The van der Waals surface area contributed by atoms with Gasteiger partial charge in [0, 0.05) is 55.1 Å². The molecule has 0 radical (unpaired) electrons. The molecule has 0 aliphatic carbocycles. The Kier molecular flexibility index (Phi) is 6.08. The van der Waals surface area contributed by atoms with Crippen molar-refractivity contribution in [3.63, 3.8) is 0 Å². The highest BCUT2D eigenvalue weighted by Gasteiger charge is 2.23. The number of aryl methyl sites for hydroxylation is 1. The largest absolute Gasteiger partial charge is 0.368 e. The number of carbonyl (C=O) groups is 1. The Hall–Kier alpha value is -2.74. The van der Waals surface area contributed by atoms with Gasteiger partial charge in [-0.15, -0.1) is 0 Å². The van der Waals surface area contributed by atoms with Crippen LogP contribution in [-0.4, -0.2) is 59.5 Å². The number of pyridine rings is 1. The topological polar surface area (TPSA) is 91.6 Å². The molecule has 150 valence electrons. The molecule has 8 nitrogen and oxygen atoms in total. The molecule has 1 unspecified atom stereocenters. The lowest BCUT2D eigenvalue weighted by Gasteiger charge is -2.36. The van der Waals surface area contributed by atoms with Gasteiger partial charge in [-0.2, -0.15) is 0 Å². The van der Waals surface area contributed by atoms with Crippen LogP contribution in [-0.2, 0) is 4.79 Å². The number of carbonyl (C=O) groups excluding carboxylic acids is 1. The van der Waals surface area contributed by atoms with E-state index < -0.39 is 0 Å². The fraction of sp³-hybridized carbons (Fsp3) is 0.500. The second-order valence-electron chi connectivity index (χ2n) is 7.35. The van der Waals surface area contributed by atoms with Gasteiger partial charge in [0.05, 0.1) is 11.5 Å². The van der Waals surface area contributed by atoms with Gasteiger partial charge >= 0.3 is 0 Å². The van der Waals surface area contributed by atoms with Crippen molar-refractivity contribution in [2.45, 2.75) is 33.2 Å². The molecule has 3 rings (SSSR count). The van der Waals surface area contributed by atoms with E-state index in [1.807, 2.05) is 26.0 Å². The molecule has 1 fully saturated rings. The zero-order valence-corrected chi connectivity index (χ0v) is 16.6. The van der Waals surface area contributed by atoms with Crippen LogP contribution in [0.3, 0.4) is 0 Å². The summed E-state index contributed by atoms with van der Waals surface area (Å²) in [6.07, 6.45) is 0.917. The molecule has 0 saturated carbocycles. The van der Waals surface area contributed by atoms with Gasteiger partial charge in [0.25, 0.3) is 5.69 Å². The van der Waals surface area contributed by atoms with E-state index >= 15 is 0 Å². The Morgan fingerprint density at radius 1 is 1.32 bits per heavy atom. The lowest BCUT2D eigenvalue weighted by atomic mass is 10.1. The van der Waals surface area contributed by atoms with E-state index in [9.17, 15) is 14.9 Å². The molecule has 0 bridgehead atoms. The second kappa shape index (κ2) is 8.52. The molecule has 1 atom stereocenters. The predicted molar refractivity (Wildman–Crippen MR) is 110 cm³/mol. The Balaban J connectivity index is 1.74. The van der Waals surface area contributed by atoms with Gasteiger partial charge < -0.3 is 10.2 Å². The molecule has 8 heteroatoms. The van der Waals surface area contributed by atoms with Gasteiger partial charge in [-0.3, -0.25) is 19.8 Å². The normalized spacial score (nSPS) is 16.2. The number of benzene rings is 1. The average Bonchev–Trinajstić information content (AvgIpc) is 2.67. The number of anilines is 1. The van der Waals surface area contributed by atoms with Gasteiger partial charge in [0.1, 0.15) is 0 Å². The summed E-state index contributed by atoms with van der Waals surface area (Å²) in [7, 11) is 0. The fourth-order valence-electron chi connectivity index (χ4n) is 3.52. The van der Waals surface area contributed by atoms with Gasteiger partial charge in [0.2, 0.25) is 5.91 Å². The molecule has 2 heterocycles. The minimum Gasteiger partial charge on any atom is -0.368 e. The first kappa shape index (κ1) is 20.0. The molecule has 28 heavy (non-hydrogen) atoms. The first-order valence-corrected chi connectivity index (χ1v) is 9.70. The molecule has 1 N–H and O–H groups in total. The molecule has 1 aromatic heterocycles. The van der Waals surface area contributed by atoms with Crippen molar-refractivity contribution < 1.29 is 9.72 Å². The maximum Gasteiger partial charge on any atom is 0.295 e. The first-order chi connectivity index (χ1) is 13.4. The van der Waals surface area contributed by atoms with Gasteiger partial charge in [0.15, 0.2) is 5.52 Å². The SMILES string of the molecule is CCC(C)NC(=O)CN1CCN(c2cc(C)nc3c([N+](=O)[O-])cccc23)CC1. The van der Waals surface area contributed by atoms with Crippen LogP contribution in [0.5, 0.6) is 0 Å². The third-order valence-electron chi connectivity index (χ3n) is 5.22. The number of para-hydroxylation sites is 1. The molecule has 1 aromatic carbocycles. The van der Waals surface area contributed by atoms with Crippen LogP contribution in [0.25, 0.3) is 10.9 Å². The minimum atomic E-state index is -0.383. The summed E-state index contributed by atoms with van der Waals surface area (Å²) in [5, 5.41) is 15.2. The number of fused-ring (bicyclic) bond motifs is 1. The molecule has 2 aromatic rings. The lowest BCUT2D eigenvalue weighted by Crippen LogP contribution is -2.50. The van der Waals surface area contributed by atoms with Gasteiger partial charge in [-0.1, -0.05) is 19.1 Å². The smallest absolute Gasteiger partial charge is 0.295 e. The zero-order valence-electron chi connectivity index (χ0n) is 16.6. The summed E-state index contributed by atoms with van der Waals surface area (Å²) < 4.78 is 0. The van der Waals surface area contributed by atoms with Crippen LogP contribution in [0.1, 0.15) is 26.0 Å². The van der Waals surface area contributed by atoms with E-state index in [4.69, 9.17) is 0 Å². The van der Waals surface area contributed by atoms with E-state index in [1.165, 1.54) is 6.07 Å². The highest BCUT2D eigenvalue weighted by Crippen LogP contribution is 2.32.